The van der Waals surface area contributed by atoms with Crippen LogP contribution in [0.3, 0.4) is 0 Å². The van der Waals surface area contributed by atoms with Gasteiger partial charge >= 0.3 is 0 Å². The average molecular weight is 195 g/mol. The molecule has 0 aliphatic carbocycles. The van der Waals surface area contributed by atoms with Crippen molar-refractivity contribution in [3.8, 4) is 0 Å². The number of aliphatic hydroxyl groups is 1. The van der Waals surface area contributed by atoms with Crippen LogP contribution in [0.2, 0.25) is 0 Å². The normalized spacial score (nSPS) is 14.1. The number of nitrogens with two attached hydrogens (primary N) is 1. The summed E-state index contributed by atoms with van der Waals surface area (Å²) in [6.45, 7) is 1.85. The Labute approximate surface area is 82.1 Å². The average Bonchev–Trinajstić information content (AvgIpc) is 2.15. The molecular weight excluding hydrogens is 182 g/mol. The van der Waals surface area contributed by atoms with E-state index in [0.717, 1.165) is 0 Å². The van der Waals surface area contributed by atoms with E-state index in [9.17, 15) is 9.50 Å². The number of hydrogen-bond acceptors (Lipinski definition) is 2. The lowest BCUT2D eigenvalue weighted by atomic mass is 10.1. The van der Waals surface area contributed by atoms with Gasteiger partial charge in [-0.25, -0.2) is 4.39 Å². The molecule has 1 aromatic carbocycles. The summed E-state index contributed by atoms with van der Waals surface area (Å²) in [7, 11) is 0. The summed E-state index contributed by atoms with van der Waals surface area (Å²) in [5.74, 6) is 0.102. The van der Waals surface area contributed by atoms with E-state index in [1.807, 2.05) is 0 Å². The maximum Gasteiger partial charge on any atom is 0.123 e. The summed E-state index contributed by atoms with van der Waals surface area (Å²) in [4.78, 5) is 3.87. The molecule has 0 aromatic heterocycles. The number of aliphatic imine (C=N–C) groups is 1. The van der Waals surface area contributed by atoms with Crippen LogP contribution in [-0.2, 0) is 0 Å². The molecule has 3 N–H and O–H groups in total. The molecule has 0 fully saturated rings. The van der Waals surface area contributed by atoms with Gasteiger partial charge in [-0.3, -0.25) is 4.99 Å². The molecule has 3 nitrogen and oxygen atoms in total. The molecule has 1 rings (SSSR count). The standard InChI is InChI=1S/C10H13FN2O/c1-7(12)13-6-10(14)8-2-4-9(11)5-3-8/h2-5,10,14H,6H2,1H3,(H2,12,13)/t10-/m0/s1/i11-1. The molecule has 1 aromatic rings. The van der Waals surface area contributed by atoms with E-state index in [2.05, 4.69) is 4.99 Å². The number of hydrogen-bond donors (Lipinski definition) is 2. The first-order chi connectivity index (χ1) is 6.59. The fourth-order valence-corrected chi connectivity index (χ4v) is 1.02. The molecule has 0 bridgehead atoms. The van der Waals surface area contributed by atoms with Crippen LogP contribution in [0.5, 0.6) is 0 Å². The summed E-state index contributed by atoms with van der Waals surface area (Å²) in [6.07, 6.45) is -0.728. The number of rotatable bonds is 3. The van der Waals surface area contributed by atoms with Crippen molar-refractivity contribution in [3.63, 3.8) is 0 Å². The second-order valence-electron chi connectivity index (χ2n) is 3.05. The largest absolute Gasteiger partial charge is 0.388 e. The maximum absolute atomic E-state index is 12.5. The van der Waals surface area contributed by atoms with Crippen molar-refractivity contribution in [1.29, 1.82) is 0 Å². The summed E-state index contributed by atoms with van der Waals surface area (Å²) >= 11 is 0. The second kappa shape index (κ2) is 4.72. The lowest BCUT2D eigenvalue weighted by Crippen LogP contribution is -2.09. The summed E-state index contributed by atoms with van der Waals surface area (Å²) in [5.41, 5.74) is 5.96. The van der Waals surface area contributed by atoms with Crippen LogP contribution in [0, 0.1) is 5.82 Å². The highest BCUT2D eigenvalue weighted by Crippen LogP contribution is 2.13. The summed E-state index contributed by atoms with van der Waals surface area (Å²) in [6, 6.07) is 5.66. The zero-order valence-electron chi connectivity index (χ0n) is 7.94. The van der Waals surface area contributed by atoms with Crippen LogP contribution < -0.4 is 5.73 Å². The minimum atomic E-state index is -0.728. The summed E-state index contributed by atoms with van der Waals surface area (Å²) in [5, 5.41) is 9.58. The number of benzene rings is 1. The van der Waals surface area contributed by atoms with Gasteiger partial charge in [0.1, 0.15) is 5.82 Å². The smallest absolute Gasteiger partial charge is 0.123 e. The first-order valence-corrected chi connectivity index (χ1v) is 4.29. The van der Waals surface area contributed by atoms with Crippen LogP contribution in [-0.4, -0.2) is 17.5 Å². The molecule has 1 atom stereocenters. The van der Waals surface area contributed by atoms with Crippen molar-refractivity contribution in [2.75, 3.05) is 6.54 Å². The molecule has 0 radical (unpaired) electrons. The van der Waals surface area contributed by atoms with Gasteiger partial charge in [-0.15, -0.1) is 0 Å². The maximum atomic E-state index is 12.5. The number of nitrogens with zero attached hydrogens (tertiary/aromatic N) is 1. The zero-order chi connectivity index (χ0) is 10.6. The Hall–Kier alpha value is -1.42. The minimum Gasteiger partial charge on any atom is -0.388 e. The topological polar surface area (TPSA) is 58.6 Å². The van der Waals surface area contributed by atoms with Crippen molar-refractivity contribution in [2.45, 2.75) is 13.0 Å². The van der Waals surface area contributed by atoms with Gasteiger partial charge in [0.15, 0.2) is 0 Å². The Morgan fingerprint density at radius 1 is 1.50 bits per heavy atom. The molecule has 0 unspecified atom stereocenters. The van der Waals surface area contributed by atoms with Gasteiger partial charge in [0.05, 0.1) is 18.5 Å². The molecule has 14 heavy (non-hydrogen) atoms. The van der Waals surface area contributed by atoms with Crippen LogP contribution in [0.4, 0.5) is 4.39 Å². The number of aliphatic hydroxyl groups excluding tert-OH is 1. The predicted molar refractivity (Wildman–Crippen MR) is 53.5 cm³/mol. The van der Waals surface area contributed by atoms with Gasteiger partial charge in [-0.1, -0.05) is 12.1 Å². The Morgan fingerprint density at radius 3 is 2.57 bits per heavy atom. The highest BCUT2D eigenvalue weighted by Gasteiger charge is 2.05. The minimum absolute atomic E-state index is 0.202. The van der Waals surface area contributed by atoms with Crippen molar-refractivity contribution < 1.29 is 9.50 Å². The fourth-order valence-electron chi connectivity index (χ4n) is 1.02. The molecule has 0 saturated carbocycles. The van der Waals surface area contributed by atoms with E-state index < -0.39 is 6.10 Å². The molecule has 76 valence electrons. The first-order valence-electron chi connectivity index (χ1n) is 4.29. The van der Waals surface area contributed by atoms with Gasteiger partial charge in [0.25, 0.3) is 0 Å². The molecule has 0 aliphatic rings. The van der Waals surface area contributed by atoms with Gasteiger partial charge < -0.3 is 10.8 Å². The van der Waals surface area contributed by atoms with E-state index in [4.69, 9.17) is 5.73 Å². The highest BCUT2D eigenvalue weighted by molar-refractivity contribution is 5.77. The SMILES string of the molecule is CC(N)=NC[C@H](O)c1ccc([18F])cc1. The van der Waals surface area contributed by atoms with E-state index in [0.29, 0.717) is 11.4 Å². The third kappa shape index (κ3) is 3.14. The monoisotopic (exact) mass is 195 g/mol. The third-order valence-electron chi connectivity index (χ3n) is 1.77. The van der Waals surface area contributed by atoms with Gasteiger partial charge in [-0.2, -0.15) is 0 Å². The van der Waals surface area contributed by atoms with Crippen LogP contribution >= 0.6 is 0 Å². The van der Waals surface area contributed by atoms with E-state index in [1.54, 1.807) is 6.92 Å². The zero-order valence-corrected chi connectivity index (χ0v) is 7.94. The van der Waals surface area contributed by atoms with Crippen molar-refractivity contribution in [2.24, 2.45) is 10.7 Å². The van der Waals surface area contributed by atoms with Crippen molar-refractivity contribution in [3.05, 3.63) is 35.6 Å². The quantitative estimate of drug-likeness (QED) is 0.563. The van der Waals surface area contributed by atoms with Crippen molar-refractivity contribution >= 4 is 5.84 Å². The molecule has 4 heteroatoms. The van der Waals surface area contributed by atoms with Gasteiger partial charge in [-0.05, 0) is 24.6 Å². The fraction of sp³-hybridized carbons (Fsp3) is 0.300. The van der Waals surface area contributed by atoms with Crippen LogP contribution in [0.1, 0.15) is 18.6 Å². The molecule has 0 spiro atoms. The highest BCUT2D eigenvalue weighted by atomic mass is 18.2. The Bertz CT molecular complexity index is 317. The van der Waals surface area contributed by atoms with Crippen LogP contribution in [0.25, 0.3) is 0 Å². The molecule has 0 aliphatic heterocycles. The third-order valence-corrected chi connectivity index (χ3v) is 1.77. The van der Waals surface area contributed by atoms with Crippen molar-refractivity contribution in [1.82, 2.24) is 0 Å². The molecule has 0 amide bonds. The number of halogens is 1. The lowest BCUT2D eigenvalue weighted by molar-refractivity contribution is 0.187. The Morgan fingerprint density at radius 2 is 2.07 bits per heavy atom. The van der Waals surface area contributed by atoms with Gasteiger partial charge in [0.2, 0.25) is 0 Å². The van der Waals surface area contributed by atoms with E-state index in [1.165, 1.54) is 24.3 Å². The Balaban J connectivity index is 2.65. The van der Waals surface area contributed by atoms with E-state index in [-0.39, 0.29) is 12.4 Å². The molecule has 0 heterocycles. The molecule has 0 saturated heterocycles. The molecular formula is C10H13FN2O. The number of amidine groups is 1. The lowest BCUT2D eigenvalue weighted by Gasteiger charge is -2.07. The van der Waals surface area contributed by atoms with Crippen LogP contribution in [0.15, 0.2) is 29.3 Å². The second-order valence-corrected chi connectivity index (χ2v) is 3.05. The predicted octanol–water partition coefficient (Wildman–Crippen LogP) is 1.24. The first kappa shape index (κ1) is 10.7. The summed E-state index contributed by atoms with van der Waals surface area (Å²) < 4.78 is 12.5. The van der Waals surface area contributed by atoms with E-state index >= 15 is 0 Å². The Kier molecular flexibility index (Phi) is 3.59. The van der Waals surface area contributed by atoms with Gasteiger partial charge in [0, 0.05) is 0 Å².